The molecule has 10 heteroatoms. The summed E-state index contributed by atoms with van der Waals surface area (Å²) < 4.78 is 28.4. The minimum absolute atomic E-state index is 0.229. The number of rotatable bonds is 6. The van der Waals surface area contributed by atoms with Crippen LogP contribution in [-0.4, -0.2) is 46.0 Å². The van der Waals surface area contributed by atoms with E-state index >= 15 is 0 Å². The lowest BCUT2D eigenvalue weighted by Crippen LogP contribution is -2.49. The van der Waals surface area contributed by atoms with Gasteiger partial charge >= 0.3 is 6.03 Å². The van der Waals surface area contributed by atoms with Crippen LogP contribution in [0.2, 0.25) is 0 Å². The third kappa shape index (κ3) is 5.74. The number of sulfonamides is 1. The van der Waals surface area contributed by atoms with Gasteiger partial charge in [-0.2, -0.15) is 5.10 Å². The fourth-order valence-corrected chi connectivity index (χ4v) is 3.98. The molecule has 3 rings (SSSR count). The molecule has 9 nitrogen and oxygen atoms in total. The number of anilines is 1. The van der Waals surface area contributed by atoms with Gasteiger partial charge in [0.1, 0.15) is 5.75 Å². The van der Waals surface area contributed by atoms with E-state index in [0.29, 0.717) is 23.7 Å². The topological polar surface area (TPSA) is 117 Å². The number of imide groups is 1. The molecular formula is C24H30N4O5S. The van der Waals surface area contributed by atoms with Crippen molar-refractivity contribution in [1.29, 1.82) is 0 Å². The number of nitrogens with zero attached hydrogens (tertiary/aromatic N) is 2. The summed E-state index contributed by atoms with van der Waals surface area (Å²) in [6.45, 7) is 8.20. The first-order chi connectivity index (χ1) is 15.8. The lowest BCUT2D eigenvalue weighted by atomic mass is 9.83. The van der Waals surface area contributed by atoms with E-state index in [4.69, 9.17) is 4.74 Å². The third-order valence-electron chi connectivity index (χ3n) is 5.44. The molecule has 0 aliphatic carbocycles. The van der Waals surface area contributed by atoms with Crippen molar-refractivity contribution in [3.8, 4) is 16.9 Å². The van der Waals surface area contributed by atoms with Gasteiger partial charge in [0.2, 0.25) is 15.9 Å². The smallest absolute Gasteiger partial charge is 0.328 e. The zero-order chi connectivity index (χ0) is 25.3. The van der Waals surface area contributed by atoms with E-state index in [-0.39, 0.29) is 17.7 Å². The van der Waals surface area contributed by atoms with E-state index in [2.05, 4.69) is 36.0 Å². The van der Waals surface area contributed by atoms with Crippen LogP contribution in [-0.2, 0) is 20.2 Å². The van der Waals surface area contributed by atoms with Crippen molar-refractivity contribution >= 4 is 33.4 Å². The molecule has 0 saturated carbocycles. The van der Waals surface area contributed by atoms with E-state index < -0.39 is 16.1 Å². The number of hydrogen-bond donors (Lipinski definition) is 2. The molecular weight excluding hydrogens is 456 g/mol. The van der Waals surface area contributed by atoms with E-state index in [1.807, 2.05) is 36.4 Å². The fraction of sp³-hybridized carbons (Fsp3) is 0.375. The van der Waals surface area contributed by atoms with Crippen LogP contribution < -0.4 is 19.8 Å². The summed E-state index contributed by atoms with van der Waals surface area (Å²) >= 11 is 0. The van der Waals surface area contributed by atoms with Gasteiger partial charge in [0, 0.05) is 29.8 Å². The maximum atomic E-state index is 12.5. The van der Waals surface area contributed by atoms with Crippen LogP contribution in [0.15, 0.2) is 41.5 Å². The summed E-state index contributed by atoms with van der Waals surface area (Å²) in [5, 5.41) is 6.28. The molecule has 2 aromatic rings. The molecule has 3 amide bonds. The van der Waals surface area contributed by atoms with Crippen LogP contribution in [0.3, 0.4) is 0 Å². The van der Waals surface area contributed by atoms with Crippen molar-refractivity contribution in [2.24, 2.45) is 5.10 Å². The molecule has 0 radical (unpaired) electrons. The Bertz CT molecular complexity index is 1250. The van der Waals surface area contributed by atoms with Crippen molar-refractivity contribution < 1.29 is 22.7 Å². The van der Waals surface area contributed by atoms with E-state index in [0.717, 1.165) is 28.5 Å². The molecule has 0 spiro atoms. The van der Waals surface area contributed by atoms with Gasteiger partial charge < -0.3 is 4.74 Å². The van der Waals surface area contributed by atoms with Crippen LogP contribution in [0.4, 0.5) is 10.5 Å². The number of hydrazone groups is 1. The molecule has 0 bridgehead atoms. The highest BCUT2D eigenvalue weighted by atomic mass is 32.2. The summed E-state index contributed by atoms with van der Waals surface area (Å²) in [4.78, 5) is 27.8. The SMILES string of the molecule is COc1c(-c2ccc(/C(C)=N/NS(C)(=O)=O)cc2)cc(N2CCC(=O)NC2=O)cc1C(C)(C)C. The number of amides is 3. The molecule has 1 heterocycles. The normalized spacial score (nSPS) is 15.2. The number of benzene rings is 2. The van der Waals surface area contributed by atoms with Gasteiger partial charge in [0.15, 0.2) is 0 Å². The van der Waals surface area contributed by atoms with Gasteiger partial charge in [-0.15, -0.1) is 0 Å². The standard InChI is InChI=1S/C24H30N4O5S/c1-15(26-27-34(6,31)32)16-7-9-17(10-8-16)19-13-18(28-12-11-21(29)25-23(28)30)14-20(22(19)33-5)24(2,3)4/h7-10,13-14,27H,11-12H2,1-6H3,(H,25,29,30)/b26-15+. The number of methoxy groups -OCH3 is 1. The number of hydrogen-bond acceptors (Lipinski definition) is 6. The quantitative estimate of drug-likeness (QED) is 0.480. The highest BCUT2D eigenvalue weighted by Gasteiger charge is 2.29. The van der Waals surface area contributed by atoms with Crippen LogP contribution in [0, 0.1) is 0 Å². The number of urea groups is 1. The Morgan fingerprint density at radius 3 is 2.32 bits per heavy atom. The molecule has 1 saturated heterocycles. The molecule has 1 aliphatic rings. The molecule has 34 heavy (non-hydrogen) atoms. The maximum Gasteiger partial charge on any atom is 0.328 e. The Morgan fingerprint density at radius 2 is 1.79 bits per heavy atom. The average molecular weight is 487 g/mol. The highest BCUT2D eigenvalue weighted by Crippen LogP contribution is 2.42. The van der Waals surface area contributed by atoms with Gasteiger partial charge in [0.05, 0.1) is 19.1 Å². The van der Waals surface area contributed by atoms with Crippen molar-refractivity contribution in [3.63, 3.8) is 0 Å². The van der Waals surface area contributed by atoms with Crippen molar-refractivity contribution in [2.75, 3.05) is 24.8 Å². The molecule has 0 unspecified atom stereocenters. The Kier molecular flexibility index (Phi) is 7.02. The predicted molar refractivity (Wildman–Crippen MR) is 133 cm³/mol. The predicted octanol–water partition coefficient (Wildman–Crippen LogP) is 3.38. The van der Waals surface area contributed by atoms with Gasteiger partial charge in [-0.05, 0) is 35.6 Å². The second kappa shape index (κ2) is 9.46. The van der Waals surface area contributed by atoms with E-state index in [1.165, 1.54) is 0 Å². The zero-order valence-electron chi connectivity index (χ0n) is 20.2. The van der Waals surface area contributed by atoms with Crippen LogP contribution in [0.25, 0.3) is 11.1 Å². The molecule has 2 aromatic carbocycles. The first kappa shape index (κ1) is 25.2. The summed E-state index contributed by atoms with van der Waals surface area (Å²) in [7, 11) is -1.83. The monoisotopic (exact) mass is 486 g/mol. The first-order valence-electron chi connectivity index (χ1n) is 10.8. The molecule has 1 fully saturated rings. The maximum absolute atomic E-state index is 12.5. The summed E-state index contributed by atoms with van der Waals surface area (Å²) in [6.07, 6.45) is 1.27. The minimum Gasteiger partial charge on any atom is -0.496 e. The second-order valence-electron chi connectivity index (χ2n) is 9.22. The van der Waals surface area contributed by atoms with Crippen LogP contribution in [0.1, 0.15) is 45.2 Å². The van der Waals surface area contributed by atoms with E-state index in [1.54, 1.807) is 18.9 Å². The summed E-state index contributed by atoms with van der Waals surface area (Å²) in [6, 6.07) is 10.8. The zero-order valence-corrected chi connectivity index (χ0v) is 21.0. The highest BCUT2D eigenvalue weighted by molar-refractivity contribution is 7.88. The molecule has 182 valence electrons. The Labute approximate surface area is 200 Å². The van der Waals surface area contributed by atoms with Crippen molar-refractivity contribution in [1.82, 2.24) is 10.1 Å². The number of carbonyl (C=O) groups is 2. The fourth-order valence-electron chi connectivity index (χ4n) is 3.68. The third-order valence-corrected chi connectivity index (χ3v) is 5.87. The Morgan fingerprint density at radius 1 is 1.15 bits per heavy atom. The first-order valence-corrected chi connectivity index (χ1v) is 12.6. The molecule has 1 aliphatic heterocycles. The lowest BCUT2D eigenvalue weighted by molar-refractivity contribution is -0.120. The largest absolute Gasteiger partial charge is 0.496 e. The van der Waals surface area contributed by atoms with Crippen LogP contribution in [0.5, 0.6) is 5.75 Å². The molecule has 0 atom stereocenters. The number of ether oxygens (including phenoxy) is 1. The van der Waals surface area contributed by atoms with Gasteiger partial charge in [-0.25, -0.2) is 18.0 Å². The van der Waals surface area contributed by atoms with Crippen molar-refractivity contribution in [2.45, 2.75) is 39.5 Å². The average Bonchev–Trinajstić information content (AvgIpc) is 2.75. The number of nitrogens with one attached hydrogen (secondary N) is 2. The van der Waals surface area contributed by atoms with Gasteiger partial charge in [-0.3, -0.25) is 15.0 Å². The summed E-state index contributed by atoms with van der Waals surface area (Å²) in [5.41, 5.74) is 4.23. The van der Waals surface area contributed by atoms with Gasteiger partial charge in [0.25, 0.3) is 0 Å². The summed E-state index contributed by atoms with van der Waals surface area (Å²) in [5.74, 6) is 0.408. The Hall–Kier alpha value is -3.40. The van der Waals surface area contributed by atoms with Gasteiger partial charge in [-0.1, -0.05) is 45.0 Å². The van der Waals surface area contributed by atoms with Crippen LogP contribution >= 0.6 is 0 Å². The Balaban J connectivity index is 2.09. The molecule has 2 N–H and O–H groups in total. The number of carbonyl (C=O) groups excluding carboxylic acids is 2. The van der Waals surface area contributed by atoms with Crippen molar-refractivity contribution in [3.05, 3.63) is 47.5 Å². The van der Waals surface area contributed by atoms with E-state index in [9.17, 15) is 18.0 Å². The molecule has 0 aromatic heterocycles. The lowest BCUT2D eigenvalue weighted by Gasteiger charge is -2.31. The minimum atomic E-state index is -3.44. The second-order valence-corrected chi connectivity index (χ2v) is 10.9.